The standard InChI is InChI=1S/C15H22BrNS/c1-2-3-4-9-18-14-8-5-12(15(16)10-14)11-17-13-6-7-13/h5,8,10,13,17H,2-4,6-7,9,11H2,1H3. The highest BCUT2D eigenvalue weighted by molar-refractivity contribution is 9.10. The van der Waals surface area contributed by atoms with Crippen LogP contribution in [0.4, 0.5) is 0 Å². The van der Waals surface area contributed by atoms with Gasteiger partial charge in [-0.25, -0.2) is 0 Å². The van der Waals surface area contributed by atoms with Gasteiger partial charge in [0.15, 0.2) is 0 Å². The molecule has 100 valence electrons. The summed E-state index contributed by atoms with van der Waals surface area (Å²) in [4.78, 5) is 1.38. The van der Waals surface area contributed by atoms with Crippen molar-refractivity contribution in [3.05, 3.63) is 28.2 Å². The molecule has 0 aromatic heterocycles. The molecule has 1 fully saturated rings. The molecule has 1 aromatic carbocycles. The van der Waals surface area contributed by atoms with Crippen LogP contribution in [0.15, 0.2) is 27.6 Å². The van der Waals surface area contributed by atoms with Crippen molar-refractivity contribution in [3.63, 3.8) is 0 Å². The zero-order valence-corrected chi connectivity index (χ0v) is 13.4. The number of nitrogens with one attached hydrogen (secondary N) is 1. The monoisotopic (exact) mass is 327 g/mol. The molecular weight excluding hydrogens is 306 g/mol. The number of hydrogen-bond acceptors (Lipinski definition) is 2. The van der Waals surface area contributed by atoms with E-state index in [1.165, 1.54) is 52.8 Å². The van der Waals surface area contributed by atoms with E-state index in [-0.39, 0.29) is 0 Å². The lowest BCUT2D eigenvalue weighted by Gasteiger charge is -2.08. The van der Waals surface area contributed by atoms with Gasteiger partial charge in [-0.1, -0.05) is 41.8 Å². The third-order valence-corrected chi connectivity index (χ3v) is 5.02. The largest absolute Gasteiger partial charge is 0.310 e. The third-order valence-electron chi connectivity index (χ3n) is 3.20. The van der Waals surface area contributed by atoms with Crippen molar-refractivity contribution in [2.75, 3.05) is 5.75 Å². The lowest BCUT2D eigenvalue weighted by atomic mass is 10.2. The highest BCUT2D eigenvalue weighted by atomic mass is 79.9. The van der Waals surface area contributed by atoms with E-state index in [1.54, 1.807) is 0 Å². The second-order valence-electron chi connectivity index (χ2n) is 4.96. The number of benzene rings is 1. The molecule has 1 aliphatic rings. The van der Waals surface area contributed by atoms with Crippen LogP contribution in [-0.2, 0) is 6.54 Å². The van der Waals surface area contributed by atoms with Gasteiger partial charge >= 0.3 is 0 Å². The van der Waals surface area contributed by atoms with Crippen LogP contribution in [0.2, 0.25) is 0 Å². The minimum atomic E-state index is 0.778. The maximum Gasteiger partial charge on any atom is 0.0231 e. The Morgan fingerprint density at radius 3 is 2.83 bits per heavy atom. The Bertz CT molecular complexity index is 377. The van der Waals surface area contributed by atoms with Crippen LogP contribution < -0.4 is 5.32 Å². The molecule has 0 amide bonds. The molecule has 0 bridgehead atoms. The summed E-state index contributed by atoms with van der Waals surface area (Å²) >= 11 is 5.66. The maximum absolute atomic E-state index is 3.69. The van der Waals surface area contributed by atoms with Crippen molar-refractivity contribution in [1.82, 2.24) is 5.32 Å². The van der Waals surface area contributed by atoms with Crippen LogP contribution in [0.3, 0.4) is 0 Å². The number of rotatable bonds is 8. The SMILES string of the molecule is CCCCCSc1ccc(CNC2CC2)c(Br)c1. The van der Waals surface area contributed by atoms with Gasteiger partial charge in [0.25, 0.3) is 0 Å². The highest BCUT2D eigenvalue weighted by Crippen LogP contribution is 2.27. The van der Waals surface area contributed by atoms with Gasteiger partial charge in [-0.15, -0.1) is 11.8 Å². The third kappa shape index (κ3) is 4.94. The fraction of sp³-hybridized carbons (Fsp3) is 0.600. The molecule has 0 spiro atoms. The van der Waals surface area contributed by atoms with Crippen molar-refractivity contribution in [2.24, 2.45) is 0 Å². The van der Waals surface area contributed by atoms with E-state index in [4.69, 9.17) is 0 Å². The summed E-state index contributed by atoms with van der Waals surface area (Å²) < 4.78 is 1.25. The summed E-state index contributed by atoms with van der Waals surface area (Å²) in [6, 6.07) is 7.55. The van der Waals surface area contributed by atoms with Gasteiger partial charge in [0.05, 0.1) is 0 Å². The summed E-state index contributed by atoms with van der Waals surface area (Å²) in [6.45, 7) is 3.24. The molecule has 0 unspecified atom stereocenters. The van der Waals surface area contributed by atoms with Gasteiger partial charge in [0.1, 0.15) is 0 Å². The molecule has 1 aromatic rings. The van der Waals surface area contributed by atoms with E-state index in [9.17, 15) is 0 Å². The lowest BCUT2D eigenvalue weighted by molar-refractivity contribution is 0.685. The summed E-state index contributed by atoms with van der Waals surface area (Å²) in [5.74, 6) is 1.24. The smallest absolute Gasteiger partial charge is 0.0231 e. The Hall–Kier alpha value is 0.01000. The summed E-state index contributed by atoms with van der Waals surface area (Å²) in [5, 5.41) is 3.56. The van der Waals surface area contributed by atoms with Gasteiger partial charge in [-0.2, -0.15) is 0 Å². The molecule has 18 heavy (non-hydrogen) atoms. The molecular formula is C15H22BrNS. The van der Waals surface area contributed by atoms with Gasteiger partial charge in [0.2, 0.25) is 0 Å². The maximum atomic E-state index is 3.69. The Labute approximate surface area is 123 Å². The number of unbranched alkanes of at least 4 members (excludes halogenated alkanes) is 2. The van der Waals surface area contributed by atoms with Crippen LogP contribution in [0.25, 0.3) is 0 Å². The van der Waals surface area contributed by atoms with Crippen LogP contribution >= 0.6 is 27.7 Å². The quantitative estimate of drug-likeness (QED) is 0.533. The topological polar surface area (TPSA) is 12.0 Å². The van der Waals surface area contributed by atoms with Crippen LogP contribution in [0, 0.1) is 0 Å². The molecule has 0 aliphatic heterocycles. The van der Waals surface area contributed by atoms with Crippen molar-refractivity contribution in [1.29, 1.82) is 0 Å². The summed E-state index contributed by atoms with van der Waals surface area (Å²) in [7, 11) is 0. The molecule has 2 rings (SSSR count). The summed E-state index contributed by atoms with van der Waals surface area (Å²) in [6.07, 6.45) is 6.67. The van der Waals surface area contributed by atoms with E-state index >= 15 is 0 Å². The fourth-order valence-electron chi connectivity index (χ4n) is 1.85. The Morgan fingerprint density at radius 1 is 1.33 bits per heavy atom. The van der Waals surface area contributed by atoms with Gasteiger partial charge < -0.3 is 5.32 Å². The average Bonchev–Trinajstić information content (AvgIpc) is 3.18. The van der Waals surface area contributed by atoms with Crippen LogP contribution in [0.5, 0.6) is 0 Å². The lowest BCUT2D eigenvalue weighted by Crippen LogP contribution is -2.15. The first-order valence-corrected chi connectivity index (χ1v) is 8.72. The molecule has 1 nitrogen and oxygen atoms in total. The van der Waals surface area contributed by atoms with E-state index < -0.39 is 0 Å². The fourth-order valence-corrected chi connectivity index (χ4v) is 3.47. The van der Waals surface area contributed by atoms with E-state index in [0.717, 1.165) is 12.6 Å². The Kier molecular flexibility index (Phi) is 6.06. The van der Waals surface area contributed by atoms with Crippen molar-refractivity contribution in [2.45, 2.75) is 56.5 Å². The number of thioether (sulfide) groups is 1. The summed E-state index contributed by atoms with van der Waals surface area (Å²) in [5.41, 5.74) is 1.37. The molecule has 1 aliphatic carbocycles. The molecule has 3 heteroatoms. The van der Waals surface area contributed by atoms with E-state index in [1.807, 2.05) is 11.8 Å². The number of halogens is 1. The predicted molar refractivity (Wildman–Crippen MR) is 84.3 cm³/mol. The Morgan fingerprint density at radius 2 is 2.17 bits per heavy atom. The first kappa shape index (κ1) is 14.4. The van der Waals surface area contributed by atoms with Gasteiger partial charge in [-0.05, 0) is 42.7 Å². The molecule has 0 radical (unpaired) electrons. The minimum absolute atomic E-state index is 0.778. The van der Waals surface area contributed by atoms with Crippen molar-refractivity contribution >= 4 is 27.7 Å². The zero-order chi connectivity index (χ0) is 12.8. The predicted octanol–water partition coefficient (Wildman–Crippen LogP) is 4.98. The molecule has 0 atom stereocenters. The van der Waals surface area contributed by atoms with Gasteiger partial charge in [-0.3, -0.25) is 0 Å². The zero-order valence-electron chi connectivity index (χ0n) is 11.0. The highest BCUT2D eigenvalue weighted by Gasteiger charge is 2.20. The average molecular weight is 328 g/mol. The van der Waals surface area contributed by atoms with Crippen LogP contribution in [0.1, 0.15) is 44.6 Å². The number of hydrogen-bond donors (Lipinski definition) is 1. The van der Waals surface area contributed by atoms with Crippen LogP contribution in [-0.4, -0.2) is 11.8 Å². The Balaban J connectivity index is 1.79. The molecule has 1 saturated carbocycles. The van der Waals surface area contributed by atoms with Crippen molar-refractivity contribution < 1.29 is 0 Å². The molecule has 1 N–H and O–H groups in total. The second kappa shape index (κ2) is 7.56. The van der Waals surface area contributed by atoms with E-state index in [0.29, 0.717) is 0 Å². The minimum Gasteiger partial charge on any atom is -0.310 e. The molecule has 0 heterocycles. The second-order valence-corrected chi connectivity index (χ2v) is 6.99. The van der Waals surface area contributed by atoms with E-state index in [2.05, 4.69) is 46.4 Å². The first-order valence-electron chi connectivity index (χ1n) is 6.94. The first-order chi connectivity index (χ1) is 8.79. The van der Waals surface area contributed by atoms with Gasteiger partial charge in [0, 0.05) is 22.0 Å². The molecule has 0 saturated heterocycles. The van der Waals surface area contributed by atoms with Crippen molar-refractivity contribution in [3.8, 4) is 0 Å². The normalized spacial score (nSPS) is 15.0.